The van der Waals surface area contributed by atoms with Gasteiger partial charge >= 0.3 is 0 Å². The smallest absolute Gasteiger partial charge is 0.230 e. The van der Waals surface area contributed by atoms with Crippen LogP contribution in [0.4, 0.5) is 0 Å². The standard InChI is InChI=1S/C30H33N3O2S2/c34-29(22-36-26-14-12-24(13-15-26)30-32-27-10-2-3-11-28(27)37-30)31-16-7-19-35-25-9-6-8-23(20-25)21-33-17-4-1-5-18-33/h2-3,6,8-15,20H,1,4-5,7,16-19,21-22H2,(H,31,34). The average molecular weight is 532 g/mol. The maximum Gasteiger partial charge on any atom is 0.230 e. The molecule has 1 aliphatic rings. The van der Waals surface area contributed by atoms with E-state index in [0.717, 1.165) is 39.7 Å². The molecule has 1 fully saturated rings. The number of benzene rings is 3. The zero-order valence-electron chi connectivity index (χ0n) is 21.0. The number of carbonyl (C=O) groups is 1. The molecular weight excluding hydrogens is 498 g/mol. The van der Waals surface area contributed by atoms with Crippen LogP contribution >= 0.6 is 23.1 Å². The highest BCUT2D eigenvalue weighted by atomic mass is 32.2. The molecule has 4 aromatic rings. The van der Waals surface area contributed by atoms with Gasteiger partial charge in [0, 0.05) is 23.5 Å². The molecule has 2 heterocycles. The predicted octanol–water partition coefficient (Wildman–Crippen LogP) is 6.63. The minimum Gasteiger partial charge on any atom is -0.494 e. The molecule has 0 spiro atoms. The Hall–Kier alpha value is -2.87. The number of thioether (sulfide) groups is 1. The van der Waals surface area contributed by atoms with Crippen LogP contribution in [0, 0.1) is 0 Å². The van der Waals surface area contributed by atoms with Crippen LogP contribution in [-0.4, -0.2) is 47.8 Å². The molecule has 1 aliphatic heterocycles. The number of ether oxygens (including phenoxy) is 1. The van der Waals surface area contributed by atoms with E-state index in [1.807, 2.05) is 24.3 Å². The van der Waals surface area contributed by atoms with Crippen molar-refractivity contribution in [2.24, 2.45) is 0 Å². The van der Waals surface area contributed by atoms with Crippen molar-refractivity contribution in [2.75, 3.05) is 32.0 Å². The van der Waals surface area contributed by atoms with E-state index < -0.39 is 0 Å². The van der Waals surface area contributed by atoms with Gasteiger partial charge in [-0.3, -0.25) is 9.69 Å². The lowest BCUT2D eigenvalue weighted by molar-refractivity contribution is -0.118. The van der Waals surface area contributed by atoms with Gasteiger partial charge in [0.15, 0.2) is 0 Å². The van der Waals surface area contributed by atoms with E-state index in [0.29, 0.717) is 18.9 Å². The minimum absolute atomic E-state index is 0.0452. The van der Waals surface area contributed by atoms with Crippen molar-refractivity contribution >= 4 is 39.2 Å². The topological polar surface area (TPSA) is 54.5 Å². The number of hydrogen-bond donors (Lipinski definition) is 1. The number of amides is 1. The number of piperidine rings is 1. The number of nitrogens with one attached hydrogen (secondary N) is 1. The number of para-hydroxylation sites is 1. The van der Waals surface area contributed by atoms with E-state index in [-0.39, 0.29) is 5.91 Å². The Morgan fingerprint density at radius 3 is 2.68 bits per heavy atom. The predicted molar refractivity (Wildman–Crippen MR) is 154 cm³/mol. The lowest BCUT2D eigenvalue weighted by atomic mass is 10.1. The molecule has 0 unspecified atom stereocenters. The summed E-state index contributed by atoms with van der Waals surface area (Å²) in [6.45, 7) is 4.59. The van der Waals surface area contributed by atoms with E-state index in [1.54, 1.807) is 23.1 Å². The van der Waals surface area contributed by atoms with Crippen LogP contribution in [0.15, 0.2) is 77.7 Å². The lowest BCUT2D eigenvalue weighted by Crippen LogP contribution is -2.29. The fraction of sp³-hybridized carbons (Fsp3) is 0.333. The van der Waals surface area contributed by atoms with Gasteiger partial charge in [-0.25, -0.2) is 4.98 Å². The Morgan fingerprint density at radius 2 is 1.84 bits per heavy atom. The summed E-state index contributed by atoms with van der Waals surface area (Å²) in [5.41, 5.74) is 3.44. The molecule has 1 N–H and O–H groups in total. The van der Waals surface area contributed by atoms with E-state index >= 15 is 0 Å². The number of carbonyl (C=O) groups excluding carboxylic acids is 1. The van der Waals surface area contributed by atoms with Crippen LogP contribution in [-0.2, 0) is 11.3 Å². The molecule has 1 saturated heterocycles. The van der Waals surface area contributed by atoms with Gasteiger partial charge in [-0.05, 0) is 74.3 Å². The van der Waals surface area contributed by atoms with Crippen molar-refractivity contribution in [3.05, 3.63) is 78.4 Å². The summed E-state index contributed by atoms with van der Waals surface area (Å²) >= 11 is 3.25. The van der Waals surface area contributed by atoms with Gasteiger partial charge in [-0.2, -0.15) is 0 Å². The number of fused-ring (bicyclic) bond motifs is 1. The number of likely N-dealkylation sites (tertiary alicyclic amines) is 1. The van der Waals surface area contributed by atoms with Gasteiger partial charge in [-0.1, -0.05) is 42.8 Å². The van der Waals surface area contributed by atoms with Gasteiger partial charge in [0.25, 0.3) is 0 Å². The van der Waals surface area contributed by atoms with E-state index in [9.17, 15) is 4.79 Å². The Morgan fingerprint density at radius 1 is 1.00 bits per heavy atom. The fourth-order valence-electron chi connectivity index (χ4n) is 4.49. The van der Waals surface area contributed by atoms with E-state index in [4.69, 9.17) is 9.72 Å². The largest absolute Gasteiger partial charge is 0.494 e. The summed E-state index contributed by atoms with van der Waals surface area (Å²) in [7, 11) is 0. The Balaban J connectivity index is 0.988. The SMILES string of the molecule is O=C(CSc1ccc(-c2nc3ccccc3s2)cc1)NCCCOc1cccc(CN2CCCCC2)c1. The number of rotatable bonds is 11. The Bertz CT molecular complexity index is 1270. The molecule has 5 nitrogen and oxygen atoms in total. The second kappa shape index (κ2) is 13.1. The molecule has 192 valence electrons. The molecule has 0 radical (unpaired) electrons. The third kappa shape index (κ3) is 7.57. The highest BCUT2D eigenvalue weighted by Gasteiger charge is 2.11. The summed E-state index contributed by atoms with van der Waals surface area (Å²) in [5.74, 6) is 1.36. The maximum absolute atomic E-state index is 12.3. The second-order valence-corrected chi connectivity index (χ2v) is 11.4. The van der Waals surface area contributed by atoms with Crippen LogP contribution in [0.25, 0.3) is 20.8 Å². The van der Waals surface area contributed by atoms with E-state index in [2.05, 4.69) is 58.7 Å². The van der Waals surface area contributed by atoms with Crippen LogP contribution < -0.4 is 10.1 Å². The van der Waals surface area contributed by atoms with Gasteiger partial charge < -0.3 is 10.1 Å². The molecule has 0 saturated carbocycles. The number of thiazole rings is 1. The van der Waals surface area contributed by atoms with Gasteiger partial charge in [0.2, 0.25) is 5.91 Å². The molecule has 1 aromatic heterocycles. The van der Waals surface area contributed by atoms with Crippen molar-refractivity contribution in [3.63, 3.8) is 0 Å². The molecular formula is C30H33N3O2S2. The zero-order valence-corrected chi connectivity index (χ0v) is 22.7. The molecule has 0 atom stereocenters. The summed E-state index contributed by atoms with van der Waals surface area (Å²) in [5, 5.41) is 4.02. The van der Waals surface area contributed by atoms with Crippen LogP contribution in [0.5, 0.6) is 5.75 Å². The molecule has 1 amide bonds. The first-order valence-electron chi connectivity index (χ1n) is 13.0. The first kappa shape index (κ1) is 25.8. The van der Waals surface area contributed by atoms with Crippen molar-refractivity contribution in [2.45, 2.75) is 37.1 Å². The van der Waals surface area contributed by atoms with Crippen LogP contribution in [0.2, 0.25) is 0 Å². The summed E-state index contributed by atoms with van der Waals surface area (Å²) < 4.78 is 7.13. The van der Waals surface area contributed by atoms with Crippen molar-refractivity contribution in [3.8, 4) is 16.3 Å². The monoisotopic (exact) mass is 531 g/mol. The second-order valence-electron chi connectivity index (χ2n) is 9.34. The first-order chi connectivity index (χ1) is 18.2. The van der Waals surface area contributed by atoms with Crippen molar-refractivity contribution in [1.29, 1.82) is 0 Å². The lowest BCUT2D eigenvalue weighted by Gasteiger charge is -2.26. The fourth-order valence-corrected chi connectivity index (χ4v) is 6.19. The van der Waals surface area contributed by atoms with Gasteiger partial charge in [-0.15, -0.1) is 23.1 Å². The van der Waals surface area contributed by atoms with Gasteiger partial charge in [0.1, 0.15) is 10.8 Å². The summed E-state index contributed by atoms with van der Waals surface area (Å²) in [6, 6.07) is 24.9. The quantitative estimate of drug-likeness (QED) is 0.174. The normalized spacial score (nSPS) is 14.1. The summed E-state index contributed by atoms with van der Waals surface area (Å²) in [4.78, 5) is 20.6. The van der Waals surface area contributed by atoms with E-state index in [1.165, 1.54) is 42.6 Å². The number of nitrogens with zero attached hydrogens (tertiary/aromatic N) is 2. The number of hydrogen-bond acceptors (Lipinski definition) is 6. The molecule has 0 aliphatic carbocycles. The number of aromatic nitrogens is 1. The third-order valence-corrected chi connectivity index (χ3v) is 8.53. The van der Waals surface area contributed by atoms with Crippen molar-refractivity contribution < 1.29 is 9.53 Å². The third-order valence-electron chi connectivity index (χ3n) is 6.43. The molecule has 37 heavy (non-hydrogen) atoms. The Kier molecular flexibility index (Phi) is 9.11. The molecule has 0 bridgehead atoms. The highest BCUT2D eigenvalue weighted by molar-refractivity contribution is 8.00. The summed E-state index contributed by atoms with van der Waals surface area (Å²) in [6.07, 6.45) is 4.74. The zero-order chi connectivity index (χ0) is 25.3. The molecule has 5 rings (SSSR count). The van der Waals surface area contributed by atoms with Crippen LogP contribution in [0.3, 0.4) is 0 Å². The van der Waals surface area contributed by atoms with Gasteiger partial charge in [0.05, 0.1) is 22.6 Å². The minimum atomic E-state index is 0.0452. The first-order valence-corrected chi connectivity index (χ1v) is 14.8. The maximum atomic E-state index is 12.3. The Labute approximate surface area is 227 Å². The molecule has 7 heteroatoms. The van der Waals surface area contributed by atoms with Crippen molar-refractivity contribution in [1.82, 2.24) is 15.2 Å². The van der Waals surface area contributed by atoms with Crippen LogP contribution in [0.1, 0.15) is 31.2 Å². The average Bonchev–Trinajstić information content (AvgIpc) is 3.37. The molecule has 3 aromatic carbocycles. The highest BCUT2D eigenvalue weighted by Crippen LogP contribution is 2.31.